The Morgan fingerprint density at radius 2 is 2.20 bits per heavy atom. The van der Waals surface area contributed by atoms with Gasteiger partial charge in [0, 0.05) is 6.92 Å². The number of imide groups is 2. The van der Waals surface area contributed by atoms with Crippen LogP contribution in [0.15, 0.2) is 0 Å². The van der Waals surface area contributed by atoms with Crippen LogP contribution in [0.2, 0.25) is 0 Å². The SMILES string of the molecule is CC(=O)N1CC(=O)NC1=O. The first kappa shape index (κ1) is 6.73. The van der Waals surface area contributed by atoms with Gasteiger partial charge in [-0.05, 0) is 0 Å². The Kier molecular flexibility index (Phi) is 1.41. The van der Waals surface area contributed by atoms with E-state index in [1.807, 2.05) is 5.32 Å². The molecule has 0 atom stereocenters. The van der Waals surface area contributed by atoms with Crippen molar-refractivity contribution >= 4 is 17.8 Å². The van der Waals surface area contributed by atoms with Crippen LogP contribution in [-0.4, -0.2) is 29.3 Å². The molecular weight excluding hydrogens is 136 g/mol. The molecule has 54 valence electrons. The Bertz CT molecular complexity index is 211. The van der Waals surface area contributed by atoms with Crippen molar-refractivity contribution < 1.29 is 14.4 Å². The predicted octanol–water partition coefficient (Wildman–Crippen LogP) is -0.915. The lowest BCUT2D eigenvalue weighted by molar-refractivity contribution is -0.128. The minimum atomic E-state index is -0.627. The fourth-order valence-corrected chi connectivity index (χ4v) is 0.696. The van der Waals surface area contributed by atoms with Crippen LogP contribution < -0.4 is 5.32 Å². The van der Waals surface area contributed by atoms with Crippen LogP contribution in [0.5, 0.6) is 0 Å². The maximum atomic E-state index is 10.6. The van der Waals surface area contributed by atoms with Gasteiger partial charge < -0.3 is 0 Å². The molecule has 0 aromatic carbocycles. The van der Waals surface area contributed by atoms with Gasteiger partial charge in [0.2, 0.25) is 11.8 Å². The number of carbonyl (C=O) groups is 3. The zero-order valence-electron chi connectivity index (χ0n) is 5.38. The van der Waals surface area contributed by atoms with E-state index in [4.69, 9.17) is 0 Å². The molecule has 0 radical (unpaired) electrons. The maximum absolute atomic E-state index is 10.6. The summed E-state index contributed by atoms with van der Waals surface area (Å²) < 4.78 is 0. The summed E-state index contributed by atoms with van der Waals surface area (Å²) >= 11 is 0. The smallest absolute Gasteiger partial charge is 0.276 e. The highest BCUT2D eigenvalue weighted by atomic mass is 16.2. The summed E-state index contributed by atoms with van der Waals surface area (Å²) in [5.41, 5.74) is 0. The molecule has 1 fully saturated rings. The minimum absolute atomic E-state index is 0.145. The topological polar surface area (TPSA) is 66.5 Å². The largest absolute Gasteiger partial charge is 0.331 e. The summed E-state index contributed by atoms with van der Waals surface area (Å²) in [4.78, 5) is 32.4. The predicted molar refractivity (Wildman–Crippen MR) is 30.9 cm³/mol. The summed E-state index contributed by atoms with van der Waals surface area (Å²) in [6.07, 6.45) is 0. The zero-order chi connectivity index (χ0) is 7.72. The van der Waals surface area contributed by atoms with Crippen molar-refractivity contribution in [2.45, 2.75) is 6.92 Å². The first-order valence-corrected chi connectivity index (χ1v) is 2.73. The summed E-state index contributed by atoms with van der Waals surface area (Å²) in [5.74, 6) is -0.844. The quantitative estimate of drug-likeness (QED) is 0.445. The van der Waals surface area contributed by atoms with Gasteiger partial charge in [-0.3, -0.25) is 19.8 Å². The zero-order valence-corrected chi connectivity index (χ0v) is 5.38. The van der Waals surface area contributed by atoms with Crippen LogP contribution in [0.3, 0.4) is 0 Å². The van der Waals surface area contributed by atoms with E-state index < -0.39 is 17.8 Å². The molecule has 1 rings (SSSR count). The van der Waals surface area contributed by atoms with Crippen LogP contribution in [0.1, 0.15) is 6.92 Å². The molecule has 0 bridgehead atoms. The Hall–Kier alpha value is -1.39. The van der Waals surface area contributed by atoms with Gasteiger partial charge in [-0.25, -0.2) is 4.79 Å². The minimum Gasteiger partial charge on any atom is -0.276 e. The summed E-state index contributed by atoms with van der Waals surface area (Å²) in [7, 11) is 0. The van der Waals surface area contributed by atoms with Crippen molar-refractivity contribution in [2.75, 3.05) is 6.54 Å². The monoisotopic (exact) mass is 142 g/mol. The number of hydrogen-bond donors (Lipinski definition) is 1. The second-order valence-corrected chi connectivity index (χ2v) is 1.96. The molecule has 5 nitrogen and oxygen atoms in total. The van der Waals surface area contributed by atoms with E-state index in [9.17, 15) is 14.4 Å². The number of carbonyl (C=O) groups excluding carboxylic acids is 3. The van der Waals surface area contributed by atoms with Gasteiger partial charge in [0.05, 0.1) is 0 Å². The molecule has 0 aromatic rings. The average molecular weight is 142 g/mol. The lowest BCUT2D eigenvalue weighted by Crippen LogP contribution is -2.32. The fraction of sp³-hybridized carbons (Fsp3) is 0.400. The normalized spacial score (nSPS) is 17.5. The van der Waals surface area contributed by atoms with Crippen LogP contribution in [-0.2, 0) is 9.59 Å². The Morgan fingerprint density at radius 3 is 2.40 bits per heavy atom. The second kappa shape index (κ2) is 2.09. The Morgan fingerprint density at radius 1 is 1.60 bits per heavy atom. The Labute approximate surface area is 57.0 Å². The number of nitrogens with zero attached hydrogens (tertiary/aromatic N) is 1. The lowest BCUT2D eigenvalue weighted by atomic mass is 10.5. The van der Waals surface area contributed by atoms with Gasteiger partial charge in [-0.2, -0.15) is 0 Å². The molecule has 0 aliphatic carbocycles. The van der Waals surface area contributed by atoms with Crippen molar-refractivity contribution in [3.63, 3.8) is 0 Å². The standard InChI is InChI=1S/C5H6N2O3/c1-3(8)7-2-4(9)6-5(7)10/h2H2,1H3,(H,6,9,10). The van der Waals surface area contributed by atoms with E-state index in [1.165, 1.54) is 6.92 Å². The number of nitrogens with one attached hydrogen (secondary N) is 1. The molecule has 10 heavy (non-hydrogen) atoms. The molecule has 5 heteroatoms. The number of urea groups is 1. The van der Waals surface area contributed by atoms with E-state index in [2.05, 4.69) is 0 Å². The van der Waals surface area contributed by atoms with Crippen molar-refractivity contribution in [2.24, 2.45) is 0 Å². The molecule has 0 aromatic heterocycles. The summed E-state index contributed by atoms with van der Waals surface area (Å²) in [6, 6.07) is -0.627. The highest BCUT2D eigenvalue weighted by Gasteiger charge is 2.29. The van der Waals surface area contributed by atoms with Crippen LogP contribution in [0.25, 0.3) is 0 Å². The van der Waals surface area contributed by atoms with E-state index >= 15 is 0 Å². The van der Waals surface area contributed by atoms with Gasteiger partial charge in [0.15, 0.2) is 0 Å². The van der Waals surface area contributed by atoms with Crippen LogP contribution >= 0.6 is 0 Å². The summed E-state index contributed by atoms with van der Waals surface area (Å²) in [6.45, 7) is 1.09. The van der Waals surface area contributed by atoms with Crippen molar-refractivity contribution in [1.82, 2.24) is 10.2 Å². The molecule has 1 aliphatic heterocycles. The highest BCUT2D eigenvalue weighted by molar-refractivity contribution is 6.09. The van der Waals surface area contributed by atoms with Gasteiger partial charge in [-0.15, -0.1) is 0 Å². The molecule has 1 saturated heterocycles. The number of hydrogen-bond acceptors (Lipinski definition) is 3. The molecule has 1 heterocycles. The fourth-order valence-electron chi connectivity index (χ4n) is 0.696. The first-order chi connectivity index (χ1) is 4.61. The van der Waals surface area contributed by atoms with Gasteiger partial charge in [-0.1, -0.05) is 0 Å². The molecule has 0 unspecified atom stereocenters. The van der Waals surface area contributed by atoms with Crippen LogP contribution in [0, 0.1) is 0 Å². The third-order valence-electron chi connectivity index (χ3n) is 1.17. The third kappa shape index (κ3) is 0.975. The second-order valence-electron chi connectivity index (χ2n) is 1.96. The third-order valence-corrected chi connectivity index (χ3v) is 1.17. The lowest BCUT2D eigenvalue weighted by Gasteiger charge is -2.04. The maximum Gasteiger partial charge on any atom is 0.331 e. The summed E-state index contributed by atoms with van der Waals surface area (Å²) in [5, 5.41) is 1.98. The van der Waals surface area contributed by atoms with Crippen molar-refractivity contribution in [1.29, 1.82) is 0 Å². The van der Waals surface area contributed by atoms with Crippen molar-refractivity contribution in [3.8, 4) is 0 Å². The number of rotatable bonds is 0. The Balaban J connectivity index is 2.72. The van der Waals surface area contributed by atoms with Gasteiger partial charge >= 0.3 is 6.03 Å². The molecule has 0 saturated carbocycles. The first-order valence-electron chi connectivity index (χ1n) is 2.73. The number of amides is 4. The van der Waals surface area contributed by atoms with Crippen molar-refractivity contribution in [3.05, 3.63) is 0 Å². The van der Waals surface area contributed by atoms with Crippen LogP contribution in [0.4, 0.5) is 4.79 Å². The van der Waals surface area contributed by atoms with E-state index in [1.54, 1.807) is 0 Å². The molecule has 1 aliphatic rings. The molecule has 1 N–H and O–H groups in total. The van der Waals surface area contributed by atoms with Gasteiger partial charge in [0.25, 0.3) is 0 Å². The van der Waals surface area contributed by atoms with E-state index in [0.717, 1.165) is 4.90 Å². The molecule has 0 spiro atoms. The van der Waals surface area contributed by atoms with E-state index in [-0.39, 0.29) is 6.54 Å². The molecule has 4 amide bonds. The average Bonchev–Trinajstić information content (AvgIpc) is 2.10. The van der Waals surface area contributed by atoms with E-state index in [0.29, 0.717) is 0 Å². The molecular formula is C5H6N2O3. The van der Waals surface area contributed by atoms with Gasteiger partial charge in [0.1, 0.15) is 6.54 Å². The highest BCUT2D eigenvalue weighted by Crippen LogP contribution is 1.96.